The molecule has 1 aliphatic carbocycles. The van der Waals surface area contributed by atoms with Crippen molar-refractivity contribution in [3.63, 3.8) is 0 Å². The number of hydrogen-bond donors (Lipinski definition) is 1. The molecular weight excluding hydrogens is 256 g/mol. The first-order valence-electron chi connectivity index (χ1n) is 7.50. The molecule has 1 aromatic heterocycles. The van der Waals surface area contributed by atoms with E-state index in [4.69, 9.17) is 4.74 Å². The number of ether oxygens (including phenoxy) is 1. The summed E-state index contributed by atoms with van der Waals surface area (Å²) in [6.07, 6.45) is 3.60. The molecule has 0 saturated heterocycles. The van der Waals surface area contributed by atoms with Crippen molar-refractivity contribution < 1.29 is 14.6 Å². The van der Waals surface area contributed by atoms with Crippen LogP contribution in [0, 0.1) is 0 Å². The van der Waals surface area contributed by atoms with E-state index in [2.05, 4.69) is 5.10 Å². The molecule has 1 fully saturated rings. The van der Waals surface area contributed by atoms with Crippen molar-refractivity contribution in [2.45, 2.75) is 64.5 Å². The molecule has 112 valence electrons. The maximum Gasteiger partial charge on any atom is 0.358 e. The van der Waals surface area contributed by atoms with Crippen LogP contribution in [0.5, 0.6) is 0 Å². The zero-order valence-electron chi connectivity index (χ0n) is 12.6. The Hall–Kier alpha value is -1.36. The van der Waals surface area contributed by atoms with Crippen LogP contribution in [0.2, 0.25) is 0 Å². The van der Waals surface area contributed by atoms with Crippen molar-refractivity contribution in [1.29, 1.82) is 0 Å². The number of aliphatic hydroxyl groups is 1. The van der Waals surface area contributed by atoms with E-state index in [0.29, 0.717) is 37.6 Å². The van der Waals surface area contributed by atoms with Gasteiger partial charge in [0.25, 0.3) is 0 Å². The summed E-state index contributed by atoms with van der Waals surface area (Å²) < 4.78 is 6.80. The number of carbonyl (C=O) groups is 1. The SMILES string of the molecule is CCOC(=O)c1cc(C2CC2)n(CC(O)(CC)CC)n1. The molecule has 2 rings (SSSR count). The van der Waals surface area contributed by atoms with Crippen molar-refractivity contribution in [1.82, 2.24) is 9.78 Å². The van der Waals surface area contributed by atoms with Crippen molar-refractivity contribution in [3.05, 3.63) is 17.5 Å². The predicted octanol–water partition coefficient (Wildman–Crippen LogP) is 2.49. The third-order valence-corrected chi connectivity index (χ3v) is 4.05. The van der Waals surface area contributed by atoms with Crippen LogP contribution in [0.3, 0.4) is 0 Å². The Bertz CT molecular complexity index is 473. The Balaban J connectivity index is 2.24. The second kappa shape index (κ2) is 5.95. The molecule has 1 heterocycles. The monoisotopic (exact) mass is 280 g/mol. The summed E-state index contributed by atoms with van der Waals surface area (Å²) in [6, 6.07) is 1.82. The third-order valence-electron chi connectivity index (χ3n) is 4.05. The van der Waals surface area contributed by atoms with E-state index in [0.717, 1.165) is 18.5 Å². The van der Waals surface area contributed by atoms with Gasteiger partial charge < -0.3 is 9.84 Å². The standard InChI is InChI=1S/C15H24N2O3/c1-4-15(19,5-2)10-17-13(11-7-8-11)9-12(16-17)14(18)20-6-3/h9,11,19H,4-8,10H2,1-3H3. The second-order valence-electron chi connectivity index (χ2n) is 5.54. The summed E-state index contributed by atoms with van der Waals surface area (Å²) in [7, 11) is 0. The average molecular weight is 280 g/mol. The first-order chi connectivity index (χ1) is 9.53. The average Bonchev–Trinajstić information content (AvgIpc) is 3.20. The molecule has 0 aliphatic heterocycles. The van der Waals surface area contributed by atoms with Crippen molar-refractivity contribution in [2.75, 3.05) is 6.61 Å². The Morgan fingerprint density at radius 1 is 1.45 bits per heavy atom. The Morgan fingerprint density at radius 3 is 2.60 bits per heavy atom. The molecular formula is C15H24N2O3. The van der Waals surface area contributed by atoms with E-state index < -0.39 is 5.60 Å². The van der Waals surface area contributed by atoms with Gasteiger partial charge in [-0.15, -0.1) is 0 Å². The fourth-order valence-corrected chi connectivity index (χ4v) is 2.32. The maximum atomic E-state index is 11.8. The topological polar surface area (TPSA) is 64.3 Å². The minimum atomic E-state index is -0.762. The number of carbonyl (C=O) groups excluding carboxylic acids is 1. The second-order valence-corrected chi connectivity index (χ2v) is 5.54. The van der Waals surface area contributed by atoms with Crippen molar-refractivity contribution in [3.8, 4) is 0 Å². The summed E-state index contributed by atoms with van der Waals surface area (Å²) in [6.45, 7) is 6.50. The molecule has 1 aromatic rings. The molecule has 1 aliphatic rings. The minimum absolute atomic E-state index is 0.346. The van der Waals surface area contributed by atoms with Gasteiger partial charge in [-0.1, -0.05) is 13.8 Å². The van der Waals surface area contributed by atoms with Gasteiger partial charge in [0.2, 0.25) is 0 Å². The molecule has 0 atom stereocenters. The lowest BCUT2D eigenvalue weighted by Gasteiger charge is -2.25. The summed E-state index contributed by atoms with van der Waals surface area (Å²) in [4.78, 5) is 11.8. The minimum Gasteiger partial charge on any atom is -0.461 e. The smallest absolute Gasteiger partial charge is 0.358 e. The van der Waals surface area contributed by atoms with Crippen LogP contribution in [-0.2, 0) is 11.3 Å². The van der Waals surface area contributed by atoms with Crippen LogP contribution in [0.15, 0.2) is 6.07 Å². The number of aromatic nitrogens is 2. The molecule has 0 amide bonds. The van der Waals surface area contributed by atoms with E-state index in [1.165, 1.54) is 0 Å². The molecule has 0 aromatic carbocycles. The van der Waals surface area contributed by atoms with Gasteiger partial charge in [0.1, 0.15) is 0 Å². The summed E-state index contributed by atoms with van der Waals surface area (Å²) in [5.74, 6) is 0.0910. The summed E-state index contributed by atoms with van der Waals surface area (Å²) in [5.41, 5.74) is 0.637. The normalized spacial score (nSPS) is 15.4. The van der Waals surface area contributed by atoms with Gasteiger partial charge in [-0.25, -0.2) is 4.79 Å². The van der Waals surface area contributed by atoms with Gasteiger partial charge in [-0.05, 0) is 38.7 Å². The third kappa shape index (κ3) is 3.20. The zero-order chi connectivity index (χ0) is 14.8. The van der Waals surface area contributed by atoms with Gasteiger partial charge in [0.05, 0.1) is 18.8 Å². The molecule has 1 saturated carbocycles. The first kappa shape index (κ1) is 15.0. The molecule has 0 bridgehead atoms. The largest absolute Gasteiger partial charge is 0.461 e. The van der Waals surface area contributed by atoms with E-state index in [1.54, 1.807) is 11.6 Å². The van der Waals surface area contributed by atoms with E-state index in [1.807, 2.05) is 19.9 Å². The number of nitrogens with zero attached hydrogens (tertiary/aromatic N) is 2. The van der Waals surface area contributed by atoms with E-state index in [-0.39, 0.29) is 5.97 Å². The van der Waals surface area contributed by atoms with Gasteiger partial charge in [-0.2, -0.15) is 5.10 Å². The van der Waals surface area contributed by atoms with Gasteiger partial charge in [-0.3, -0.25) is 4.68 Å². The molecule has 0 radical (unpaired) electrons. The Labute approximate surface area is 119 Å². The van der Waals surface area contributed by atoms with Gasteiger partial charge in [0.15, 0.2) is 5.69 Å². The molecule has 0 unspecified atom stereocenters. The van der Waals surface area contributed by atoms with Crippen molar-refractivity contribution >= 4 is 5.97 Å². The highest BCUT2D eigenvalue weighted by Crippen LogP contribution is 2.40. The Kier molecular flexibility index (Phi) is 4.48. The van der Waals surface area contributed by atoms with Crippen LogP contribution in [-0.4, -0.2) is 33.1 Å². The van der Waals surface area contributed by atoms with Gasteiger partial charge >= 0.3 is 5.97 Å². The van der Waals surface area contributed by atoms with E-state index in [9.17, 15) is 9.90 Å². The summed E-state index contributed by atoms with van der Waals surface area (Å²) >= 11 is 0. The first-order valence-corrected chi connectivity index (χ1v) is 7.50. The predicted molar refractivity (Wildman–Crippen MR) is 75.7 cm³/mol. The number of hydrogen-bond acceptors (Lipinski definition) is 4. The van der Waals surface area contributed by atoms with Gasteiger partial charge in [0, 0.05) is 11.6 Å². The van der Waals surface area contributed by atoms with Crippen LogP contribution in [0.4, 0.5) is 0 Å². The van der Waals surface area contributed by atoms with Crippen LogP contribution >= 0.6 is 0 Å². The zero-order valence-corrected chi connectivity index (χ0v) is 12.6. The highest BCUT2D eigenvalue weighted by Gasteiger charge is 2.32. The molecule has 20 heavy (non-hydrogen) atoms. The lowest BCUT2D eigenvalue weighted by Crippen LogP contribution is -2.33. The molecule has 0 spiro atoms. The van der Waals surface area contributed by atoms with Crippen LogP contribution in [0.1, 0.15) is 68.6 Å². The van der Waals surface area contributed by atoms with Crippen molar-refractivity contribution in [2.24, 2.45) is 0 Å². The lowest BCUT2D eigenvalue weighted by atomic mass is 9.97. The number of rotatable bonds is 7. The highest BCUT2D eigenvalue weighted by molar-refractivity contribution is 5.87. The quantitative estimate of drug-likeness (QED) is 0.779. The molecule has 5 nitrogen and oxygen atoms in total. The molecule has 1 N–H and O–H groups in total. The fourth-order valence-electron chi connectivity index (χ4n) is 2.32. The summed E-state index contributed by atoms with van der Waals surface area (Å²) in [5, 5.41) is 14.8. The lowest BCUT2D eigenvalue weighted by molar-refractivity contribution is 0.0108. The Morgan fingerprint density at radius 2 is 2.10 bits per heavy atom. The van der Waals surface area contributed by atoms with Crippen LogP contribution < -0.4 is 0 Å². The van der Waals surface area contributed by atoms with E-state index >= 15 is 0 Å². The van der Waals surface area contributed by atoms with Crippen LogP contribution in [0.25, 0.3) is 0 Å². The maximum absolute atomic E-state index is 11.8. The number of esters is 1. The molecule has 5 heteroatoms. The fraction of sp³-hybridized carbons (Fsp3) is 0.733. The highest BCUT2D eigenvalue weighted by atomic mass is 16.5.